The summed E-state index contributed by atoms with van der Waals surface area (Å²) >= 11 is 7.32. The second-order valence-corrected chi connectivity index (χ2v) is 4.25. The van der Waals surface area contributed by atoms with Crippen LogP contribution in [-0.4, -0.2) is 35.2 Å². The Labute approximate surface area is 100 Å². The SMILES string of the molecule is CCN(CCCCl)c1cc(SC)ncn1. The maximum Gasteiger partial charge on any atom is 0.133 e. The smallest absolute Gasteiger partial charge is 0.133 e. The summed E-state index contributed by atoms with van der Waals surface area (Å²) in [6, 6.07) is 2.02. The highest BCUT2D eigenvalue weighted by Crippen LogP contribution is 2.17. The van der Waals surface area contributed by atoms with Crippen molar-refractivity contribution in [3.8, 4) is 0 Å². The number of hydrogen-bond donors (Lipinski definition) is 0. The molecule has 0 saturated carbocycles. The first-order valence-corrected chi connectivity index (χ1v) is 6.74. The van der Waals surface area contributed by atoms with Crippen molar-refractivity contribution in [1.82, 2.24) is 9.97 Å². The summed E-state index contributed by atoms with van der Waals surface area (Å²) < 4.78 is 0. The highest BCUT2D eigenvalue weighted by molar-refractivity contribution is 7.98. The molecular formula is C10H16ClN3S. The fourth-order valence-electron chi connectivity index (χ4n) is 1.30. The van der Waals surface area contributed by atoms with Crippen LogP contribution in [0.1, 0.15) is 13.3 Å². The van der Waals surface area contributed by atoms with Gasteiger partial charge in [-0.15, -0.1) is 23.4 Å². The van der Waals surface area contributed by atoms with Gasteiger partial charge < -0.3 is 4.90 Å². The molecule has 0 aromatic carbocycles. The van der Waals surface area contributed by atoms with Gasteiger partial charge >= 0.3 is 0 Å². The monoisotopic (exact) mass is 245 g/mol. The van der Waals surface area contributed by atoms with Gasteiger partial charge in [-0.2, -0.15) is 0 Å². The number of thioether (sulfide) groups is 1. The van der Waals surface area contributed by atoms with E-state index in [9.17, 15) is 0 Å². The Morgan fingerprint density at radius 1 is 1.47 bits per heavy atom. The van der Waals surface area contributed by atoms with E-state index in [1.54, 1.807) is 18.1 Å². The van der Waals surface area contributed by atoms with Crippen molar-refractivity contribution in [1.29, 1.82) is 0 Å². The maximum absolute atomic E-state index is 5.69. The third-order valence-electron chi connectivity index (χ3n) is 2.10. The fraction of sp³-hybridized carbons (Fsp3) is 0.600. The molecule has 0 aliphatic heterocycles. The number of rotatable bonds is 6. The van der Waals surface area contributed by atoms with Crippen LogP contribution >= 0.6 is 23.4 Å². The molecular weight excluding hydrogens is 230 g/mol. The Kier molecular flexibility index (Phi) is 5.79. The summed E-state index contributed by atoms with van der Waals surface area (Å²) in [7, 11) is 0. The van der Waals surface area contributed by atoms with Crippen molar-refractivity contribution >= 4 is 29.2 Å². The molecule has 0 spiro atoms. The molecule has 0 unspecified atom stereocenters. The molecule has 1 rings (SSSR count). The molecule has 15 heavy (non-hydrogen) atoms. The third-order valence-corrected chi connectivity index (χ3v) is 3.01. The molecule has 0 bridgehead atoms. The van der Waals surface area contributed by atoms with Crippen LogP contribution in [0, 0.1) is 0 Å². The van der Waals surface area contributed by atoms with Crippen LogP contribution in [0.2, 0.25) is 0 Å². The Balaban J connectivity index is 2.72. The van der Waals surface area contributed by atoms with E-state index in [1.165, 1.54) is 0 Å². The molecule has 3 nitrogen and oxygen atoms in total. The minimum absolute atomic E-state index is 0.691. The average Bonchev–Trinajstić information content (AvgIpc) is 2.30. The number of alkyl halides is 1. The third kappa shape index (κ3) is 3.87. The summed E-state index contributed by atoms with van der Waals surface area (Å²) in [5, 5.41) is 1.00. The second-order valence-electron chi connectivity index (χ2n) is 3.04. The fourth-order valence-corrected chi connectivity index (χ4v) is 1.80. The van der Waals surface area contributed by atoms with Gasteiger partial charge in [-0.1, -0.05) is 0 Å². The van der Waals surface area contributed by atoms with Crippen molar-refractivity contribution in [2.75, 3.05) is 30.1 Å². The Bertz CT molecular complexity index is 296. The summed E-state index contributed by atoms with van der Waals surface area (Å²) in [6.45, 7) is 4.02. The molecule has 84 valence electrons. The lowest BCUT2D eigenvalue weighted by molar-refractivity contribution is 0.775. The lowest BCUT2D eigenvalue weighted by Gasteiger charge is -2.21. The van der Waals surface area contributed by atoms with Gasteiger partial charge in [0.2, 0.25) is 0 Å². The van der Waals surface area contributed by atoms with Gasteiger partial charge in [0, 0.05) is 25.0 Å². The molecule has 1 aromatic rings. The van der Waals surface area contributed by atoms with Crippen LogP contribution in [0.25, 0.3) is 0 Å². The van der Waals surface area contributed by atoms with Gasteiger partial charge in [0.15, 0.2) is 0 Å². The van der Waals surface area contributed by atoms with Crippen LogP contribution in [0.15, 0.2) is 17.4 Å². The van der Waals surface area contributed by atoms with Crippen molar-refractivity contribution in [2.45, 2.75) is 18.4 Å². The Morgan fingerprint density at radius 2 is 2.27 bits per heavy atom. The van der Waals surface area contributed by atoms with E-state index in [0.717, 1.165) is 30.4 Å². The number of halogens is 1. The summed E-state index contributed by atoms with van der Waals surface area (Å²) in [4.78, 5) is 10.6. The van der Waals surface area contributed by atoms with Gasteiger partial charge in [0.05, 0.1) is 0 Å². The predicted molar refractivity (Wildman–Crippen MR) is 67.0 cm³/mol. The van der Waals surface area contributed by atoms with Gasteiger partial charge in [0.1, 0.15) is 17.2 Å². The lowest BCUT2D eigenvalue weighted by Crippen LogP contribution is -2.25. The average molecular weight is 246 g/mol. The van der Waals surface area contributed by atoms with Crippen molar-refractivity contribution in [2.24, 2.45) is 0 Å². The first-order chi connectivity index (χ1) is 7.31. The van der Waals surface area contributed by atoms with Crippen LogP contribution in [-0.2, 0) is 0 Å². The van der Waals surface area contributed by atoms with Gasteiger partial charge in [-0.05, 0) is 19.6 Å². The Hall–Kier alpha value is -0.480. The summed E-state index contributed by atoms with van der Waals surface area (Å²) in [5.41, 5.74) is 0. The maximum atomic E-state index is 5.69. The topological polar surface area (TPSA) is 29.0 Å². The zero-order valence-electron chi connectivity index (χ0n) is 9.11. The number of anilines is 1. The minimum atomic E-state index is 0.691. The number of hydrogen-bond acceptors (Lipinski definition) is 4. The highest BCUT2D eigenvalue weighted by atomic mass is 35.5. The van der Waals surface area contributed by atoms with E-state index in [4.69, 9.17) is 11.6 Å². The second kappa shape index (κ2) is 6.90. The number of nitrogens with zero attached hydrogens (tertiary/aromatic N) is 3. The van der Waals surface area contributed by atoms with Gasteiger partial charge in [-0.3, -0.25) is 0 Å². The van der Waals surface area contributed by atoms with E-state index in [0.29, 0.717) is 5.88 Å². The zero-order valence-corrected chi connectivity index (χ0v) is 10.7. The standard InChI is InChI=1S/C10H16ClN3S/c1-3-14(6-4-5-11)9-7-10(15-2)13-8-12-9/h7-8H,3-6H2,1-2H3. The van der Waals surface area contributed by atoms with Crippen molar-refractivity contribution < 1.29 is 0 Å². The van der Waals surface area contributed by atoms with Crippen LogP contribution in [0.4, 0.5) is 5.82 Å². The normalized spacial score (nSPS) is 10.3. The summed E-state index contributed by atoms with van der Waals surface area (Å²) in [6.07, 6.45) is 4.61. The van der Waals surface area contributed by atoms with E-state index in [2.05, 4.69) is 21.8 Å². The lowest BCUT2D eigenvalue weighted by atomic mass is 10.4. The predicted octanol–water partition coefficient (Wildman–Crippen LogP) is 2.65. The first-order valence-electron chi connectivity index (χ1n) is 4.98. The molecule has 1 heterocycles. The van der Waals surface area contributed by atoms with Crippen LogP contribution in [0.5, 0.6) is 0 Å². The molecule has 0 atom stereocenters. The van der Waals surface area contributed by atoms with Gasteiger partial charge in [0.25, 0.3) is 0 Å². The van der Waals surface area contributed by atoms with Crippen LogP contribution in [0.3, 0.4) is 0 Å². The van der Waals surface area contributed by atoms with Crippen LogP contribution < -0.4 is 4.90 Å². The van der Waals surface area contributed by atoms with E-state index in [1.807, 2.05) is 12.3 Å². The molecule has 0 radical (unpaired) electrons. The van der Waals surface area contributed by atoms with Crippen molar-refractivity contribution in [3.63, 3.8) is 0 Å². The minimum Gasteiger partial charge on any atom is -0.357 e. The molecule has 1 aromatic heterocycles. The number of aromatic nitrogens is 2. The molecule has 5 heteroatoms. The quantitative estimate of drug-likeness (QED) is 0.438. The van der Waals surface area contributed by atoms with E-state index in [-0.39, 0.29) is 0 Å². The highest BCUT2D eigenvalue weighted by Gasteiger charge is 2.06. The molecule has 0 amide bonds. The van der Waals surface area contributed by atoms with Gasteiger partial charge in [-0.25, -0.2) is 9.97 Å². The van der Waals surface area contributed by atoms with E-state index < -0.39 is 0 Å². The summed E-state index contributed by atoms with van der Waals surface area (Å²) in [5.74, 6) is 1.68. The van der Waals surface area contributed by atoms with Crippen molar-refractivity contribution in [3.05, 3.63) is 12.4 Å². The molecule has 0 aliphatic rings. The van der Waals surface area contributed by atoms with E-state index >= 15 is 0 Å². The molecule has 0 fully saturated rings. The Morgan fingerprint density at radius 3 is 2.87 bits per heavy atom. The zero-order chi connectivity index (χ0) is 11.1. The molecule has 0 aliphatic carbocycles. The molecule has 0 saturated heterocycles. The first kappa shape index (κ1) is 12.6. The largest absolute Gasteiger partial charge is 0.357 e. The molecule has 0 N–H and O–H groups in total.